The largest absolute Gasteiger partial charge is 0.396 e. The van der Waals surface area contributed by atoms with E-state index in [1.54, 1.807) is 0 Å². The first kappa shape index (κ1) is 13.8. The van der Waals surface area contributed by atoms with Crippen LogP contribution in [-0.4, -0.2) is 26.1 Å². The summed E-state index contributed by atoms with van der Waals surface area (Å²) in [6, 6.07) is 2.24. The smallest absolute Gasteiger partial charge is 0.206 e. The van der Waals surface area contributed by atoms with Crippen LogP contribution in [0.1, 0.15) is 48.3 Å². The molecular weight excluding hydrogens is 266 g/mol. The first-order chi connectivity index (χ1) is 10.3. The summed E-state index contributed by atoms with van der Waals surface area (Å²) >= 11 is 0. The van der Waals surface area contributed by atoms with Gasteiger partial charge in [-0.1, -0.05) is 0 Å². The molecule has 6 nitrogen and oxygen atoms in total. The lowest BCUT2D eigenvalue weighted by atomic mass is 10.0. The van der Waals surface area contributed by atoms with Gasteiger partial charge >= 0.3 is 0 Å². The molecule has 110 valence electrons. The van der Waals surface area contributed by atoms with Crippen LogP contribution in [0.3, 0.4) is 0 Å². The summed E-state index contributed by atoms with van der Waals surface area (Å²) in [5.41, 5.74) is 10.1. The van der Waals surface area contributed by atoms with Gasteiger partial charge in [-0.2, -0.15) is 5.26 Å². The van der Waals surface area contributed by atoms with Gasteiger partial charge in [-0.25, -0.2) is 9.97 Å². The Morgan fingerprint density at radius 3 is 2.81 bits per heavy atom. The molecule has 0 saturated carbocycles. The molecule has 2 aromatic heterocycles. The van der Waals surface area contributed by atoms with Crippen molar-refractivity contribution in [2.45, 2.75) is 44.9 Å². The first-order valence-electron chi connectivity index (χ1n) is 7.45. The number of unbranched alkanes of at least 4 members (excludes halogenated alkanes) is 1. The van der Waals surface area contributed by atoms with E-state index in [1.807, 2.05) is 4.40 Å². The van der Waals surface area contributed by atoms with Crippen molar-refractivity contribution in [3.63, 3.8) is 0 Å². The quantitative estimate of drug-likeness (QED) is 0.826. The Morgan fingerprint density at radius 2 is 2.05 bits per heavy atom. The third-order valence-corrected chi connectivity index (χ3v) is 4.06. The second-order valence-electron chi connectivity index (χ2n) is 5.46. The molecule has 0 spiro atoms. The molecule has 2 heterocycles. The van der Waals surface area contributed by atoms with E-state index in [1.165, 1.54) is 0 Å². The normalized spacial score (nSPS) is 14.1. The van der Waals surface area contributed by atoms with Crippen LogP contribution in [0.2, 0.25) is 0 Å². The average molecular weight is 285 g/mol. The van der Waals surface area contributed by atoms with Crippen LogP contribution >= 0.6 is 0 Å². The highest BCUT2D eigenvalue weighted by Gasteiger charge is 2.22. The fraction of sp³-hybridized carbons (Fsp3) is 0.533. The van der Waals surface area contributed by atoms with Crippen molar-refractivity contribution in [2.24, 2.45) is 0 Å². The minimum absolute atomic E-state index is 0.150. The highest BCUT2D eigenvalue weighted by Crippen LogP contribution is 2.27. The number of aliphatic hydroxyl groups excluding tert-OH is 1. The Labute approximate surface area is 123 Å². The van der Waals surface area contributed by atoms with Crippen LogP contribution in [-0.2, 0) is 19.3 Å². The molecule has 3 N–H and O–H groups in total. The van der Waals surface area contributed by atoms with E-state index in [-0.39, 0.29) is 6.61 Å². The second-order valence-corrected chi connectivity index (χ2v) is 5.46. The molecule has 0 radical (unpaired) electrons. The lowest BCUT2D eigenvalue weighted by molar-refractivity contribution is 0.284. The van der Waals surface area contributed by atoms with Gasteiger partial charge in [0, 0.05) is 12.3 Å². The van der Waals surface area contributed by atoms with Crippen LogP contribution < -0.4 is 5.73 Å². The fourth-order valence-corrected chi connectivity index (χ4v) is 3.03. The molecule has 1 aliphatic rings. The molecule has 21 heavy (non-hydrogen) atoms. The van der Waals surface area contributed by atoms with E-state index >= 15 is 0 Å². The number of nitrogens with two attached hydrogens (primary N) is 1. The molecule has 0 aromatic carbocycles. The predicted octanol–water partition coefficient (Wildman–Crippen LogP) is 1.38. The van der Waals surface area contributed by atoms with Gasteiger partial charge in [0.2, 0.25) is 5.95 Å². The number of nitrogens with zero attached hydrogens (tertiary/aromatic N) is 4. The number of nitriles is 1. The Kier molecular flexibility index (Phi) is 3.76. The van der Waals surface area contributed by atoms with Crippen LogP contribution in [0.15, 0.2) is 0 Å². The van der Waals surface area contributed by atoms with Crippen molar-refractivity contribution >= 4 is 11.6 Å². The minimum atomic E-state index is 0.150. The van der Waals surface area contributed by atoms with E-state index in [2.05, 4.69) is 16.0 Å². The zero-order chi connectivity index (χ0) is 14.8. The van der Waals surface area contributed by atoms with Crippen molar-refractivity contribution in [3.05, 3.63) is 22.6 Å². The average Bonchev–Trinajstić information content (AvgIpc) is 2.87. The van der Waals surface area contributed by atoms with Crippen LogP contribution in [0.5, 0.6) is 0 Å². The summed E-state index contributed by atoms with van der Waals surface area (Å²) in [6.07, 6.45) is 6.27. The van der Waals surface area contributed by atoms with Crippen molar-refractivity contribution < 1.29 is 5.11 Å². The second kappa shape index (κ2) is 5.70. The summed E-state index contributed by atoms with van der Waals surface area (Å²) in [6.45, 7) is 0.150. The van der Waals surface area contributed by atoms with Crippen molar-refractivity contribution in [3.8, 4) is 6.07 Å². The summed E-state index contributed by atoms with van der Waals surface area (Å²) in [5, 5.41) is 18.4. The third-order valence-electron chi connectivity index (χ3n) is 4.06. The molecule has 2 aromatic rings. The Hall–Kier alpha value is -2.13. The molecule has 0 bridgehead atoms. The number of rotatable bonds is 4. The fourth-order valence-electron chi connectivity index (χ4n) is 3.03. The van der Waals surface area contributed by atoms with Gasteiger partial charge < -0.3 is 10.8 Å². The Bertz CT molecular complexity index is 713. The molecule has 0 saturated heterocycles. The summed E-state index contributed by atoms with van der Waals surface area (Å²) in [5.74, 6) is 0.415. The first-order valence-corrected chi connectivity index (χ1v) is 7.45. The maximum absolute atomic E-state index is 9.49. The van der Waals surface area contributed by atoms with Gasteiger partial charge in [-0.05, 0) is 44.9 Å². The molecule has 0 atom stereocenters. The summed E-state index contributed by atoms with van der Waals surface area (Å²) in [7, 11) is 0. The number of fused-ring (bicyclic) bond motifs is 3. The van der Waals surface area contributed by atoms with E-state index < -0.39 is 0 Å². The molecule has 0 unspecified atom stereocenters. The van der Waals surface area contributed by atoms with Crippen molar-refractivity contribution in [1.82, 2.24) is 14.4 Å². The SMILES string of the molecule is N#Cc1c(CCCCO)nc(N)n2c3c(nc12)CCCC3. The molecule has 0 amide bonds. The highest BCUT2D eigenvalue weighted by molar-refractivity contribution is 5.62. The number of hydrogen-bond acceptors (Lipinski definition) is 5. The number of anilines is 1. The van der Waals surface area contributed by atoms with E-state index in [0.29, 0.717) is 35.7 Å². The number of aliphatic hydroxyl groups is 1. The van der Waals surface area contributed by atoms with Crippen molar-refractivity contribution in [2.75, 3.05) is 12.3 Å². The number of aromatic nitrogens is 3. The predicted molar refractivity (Wildman–Crippen MR) is 78.8 cm³/mol. The van der Waals surface area contributed by atoms with Crippen LogP contribution in [0, 0.1) is 11.3 Å². The van der Waals surface area contributed by atoms with Gasteiger partial charge in [0.15, 0.2) is 5.65 Å². The maximum atomic E-state index is 9.49. The van der Waals surface area contributed by atoms with E-state index in [9.17, 15) is 5.26 Å². The van der Waals surface area contributed by atoms with E-state index in [0.717, 1.165) is 43.5 Å². The minimum Gasteiger partial charge on any atom is -0.396 e. The van der Waals surface area contributed by atoms with Gasteiger partial charge in [0.05, 0.1) is 11.4 Å². The number of imidazole rings is 1. The molecule has 3 rings (SSSR count). The summed E-state index contributed by atoms with van der Waals surface area (Å²) in [4.78, 5) is 9.07. The van der Waals surface area contributed by atoms with Gasteiger partial charge in [-0.3, -0.25) is 4.40 Å². The van der Waals surface area contributed by atoms with Crippen LogP contribution in [0.25, 0.3) is 5.65 Å². The monoisotopic (exact) mass is 285 g/mol. The molecular formula is C15H19N5O. The number of aryl methyl sites for hydroxylation is 3. The Morgan fingerprint density at radius 1 is 1.24 bits per heavy atom. The molecule has 0 fully saturated rings. The molecule has 6 heteroatoms. The maximum Gasteiger partial charge on any atom is 0.206 e. The number of nitrogen functional groups attached to an aromatic ring is 1. The molecule has 0 aliphatic heterocycles. The van der Waals surface area contributed by atoms with Crippen LogP contribution in [0.4, 0.5) is 5.95 Å². The highest BCUT2D eigenvalue weighted by atomic mass is 16.2. The molecule has 1 aliphatic carbocycles. The van der Waals surface area contributed by atoms with Gasteiger partial charge in [-0.15, -0.1) is 0 Å². The standard InChI is InChI=1S/C15H19N5O/c16-9-10-11(5-3-4-8-21)19-15(17)20-13-7-2-1-6-12(13)18-14(10)20/h21H,1-8H2,(H2,17,19). The van der Waals surface area contributed by atoms with Gasteiger partial charge in [0.1, 0.15) is 11.6 Å². The van der Waals surface area contributed by atoms with Crippen molar-refractivity contribution in [1.29, 1.82) is 5.26 Å². The lowest BCUT2D eigenvalue weighted by Crippen LogP contribution is -2.11. The lowest BCUT2D eigenvalue weighted by Gasteiger charge is -2.12. The Balaban J connectivity index is 2.13. The zero-order valence-electron chi connectivity index (χ0n) is 12.0. The zero-order valence-corrected chi connectivity index (χ0v) is 12.0. The number of hydrogen-bond donors (Lipinski definition) is 2. The topological polar surface area (TPSA) is 100 Å². The van der Waals surface area contributed by atoms with Gasteiger partial charge in [0.25, 0.3) is 0 Å². The van der Waals surface area contributed by atoms with E-state index in [4.69, 9.17) is 10.8 Å². The third kappa shape index (κ3) is 2.34. The summed E-state index contributed by atoms with van der Waals surface area (Å²) < 4.78 is 1.85.